The molecule has 0 aliphatic carbocycles. The second kappa shape index (κ2) is 12.1. The lowest BCUT2D eigenvalue weighted by atomic mass is 10.4. The molecule has 0 heterocycles. The summed E-state index contributed by atoms with van der Waals surface area (Å²) in [5, 5.41) is 0. The molecule has 8 heteroatoms. The van der Waals surface area contributed by atoms with Crippen LogP contribution in [0.1, 0.15) is 20.8 Å². The lowest BCUT2D eigenvalue weighted by molar-refractivity contribution is -0.157. The maximum absolute atomic E-state index is 11.6. The van der Waals surface area contributed by atoms with Crippen LogP contribution in [0.5, 0.6) is 0 Å². The van der Waals surface area contributed by atoms with E-state index in [1.165, 1.54) is 13.8 Å². The van der Waals surface area contributed by atoms with Gasteiger partial charge in [-0.15, -0.1) is 0 Å². The number of ether oxygens (including phenoxy) is 5. The van der Waals surface area contributed by atoms with Gasteiger partial charge in [0.05, 0.1) is 13.2 Å². The zero-order valence-electron chi connectivity index (χ0n) is 14.3. The van der Waals surface area contributed by atoms with Crippen molar-refractivity contribution in [3.8, 4) is 0 Å². The third-order valence-corrected chi connectivity index (χ3v) is 2.31. The highest BCUT2D eigenvalue weighted by Crippen LogP contribution is 1.99. The average molecular weight is 344 g/mol. The van der Waals surface area contributed by atoms with Gasteiger partial charge in [0.1, 0.15) is 19.8 Å². The van der Waals surface area contributed by atoms with E-state index < -0.39 is 24.2 Å². The summed E-state index contributed by atoms with van der Waals surface area (Å²) in [4.78, 5) is 34.0. The minimum Gasteiger partial charge on any atom is -0.459 e. The van der Waals surface area contributed by atoms with Crippen molar-refractivity contribution in [2.45, 2.75) is 26.9 Å². The SMILES string of the molecule is C=C(C)COCCOC(=O)OC(C)C(=O)OCCOC(=O)C(=C)C. The van der Waals surface area contributed by atoms with Gasteiger partial charge in [-0.1, -0.05) is 18.7 Å². The number of carbonyl (C=O) groups excluding carboxylic acids is 3. The van der Waals surface area contributed by atoms with E-state index >= 15 is 0 Å². The summed E-state index contributed by atoms with van der Waals surface area (Å²) in [7, 11) is 0. The van der Waals surface area contributed by atoms with Crippen molar-refractivity contribution in [3.63, 3.8) is 0 Å². The van der Waals surface area contributed by atoms with Gasteiger partial charge in [0, 0.05) is 5.57 Å². The molecule has 0 amide bonds. The van der Waals surface area contributed by atoms with Crippen LogP contribution in [0.3, 0.4) is 0 Å². The molecule has 24 heavy (non-hydrogen) atoms. The zero-order valence-corrected chi connectivity index (χ0v) is 14.3. The Morgan fingerprint density at radius 1 is 0.917 bits per heavy atom. The molecule has 1 atom stereocenters. The van der Waals surface area contributed by atoms with Gasteiger partial charge in [0.2, 0.25) is 0 Å². The number of hydrogen-bond donors (Lipinski definition) is 0. The monoisotopic (exact) mass is 344 g/mol. The Balaban J connectivity index is 3.80. The van der Waals surface area contributed by atoms with Crippen LogP contribution in [-0.4, -0.2) is 57.2 Å². The Kier molecular flexibility index (Phi) is 10.9. The van der Waals surface area contributed by atoms with Crippen molar-refractivity contribution in [2.24, 2.45) is 0 Å². The standard InChI is InChI=1S/C16H24O8/c1-11(2)10-20-6-7-23-16(19)24-13(5)15(18)22-9-8-21-14(17)12(3)4/h13H,1,3,6-10H2,2,4-5H3. The molecule has 0 N–H and O–H groups in total. The minimum atomic E-state index is -1.15. The predicted molar refractivity (Wildman–Crippen MR) is 84.3 cm³/mol. The van der Waals surface area contributed by atoms with Crippen LogP contribution in [0.4, 0.5) is 4.79 Å². The van der Waals surface area contributed by atoms with Crippen molar-refractivity contribution >= 4 is 18.1 Å². The minimum absolute atomic E-state index is 0.00919. The van der Waals surface area contributed by atoms with Crippen molar-refractivity contribution in [1.82, 2.24) is 0 Å². The summed E-state index contributed by atoms with van der Waals surface area (Å²) in [5.74, 6) is -1.36. The number of rotatable bonds is 11. The Morgan fingerprint density at radius 3 is 2.08 bits per heavy atom. The number of hydrogen-bond acceptors (Lipinski definition) is 8. The molecule has 0 saturated carbocycles. The van der Waals surface area contributed by atoms with E-state index in [9.17, 15) is 14.4 Å². The fourth-order valence-corrected chi connectivity index (χ4v) is 1.17. The molecule has 0 saturated heterocycles. The highest BCUT2D eigenvalue weighted by Gasteiger charge is 2.20. The van der Waals surface area contributed by atoms with Gasteiger partial charge < -0.3 is 23.7 Å². The molecule has 0 aliphatic heterocycles. The smallest absolute Gasteiger partial charge is 0.459 e. The average Bonchev–Trinajstić information content (AvgIpc) is 2.50. The third-order valence-electron chi connectivity index (χ3n) is 2.31. The molecule has 0 aromatic heterocycles. The van der Waals surface area contributed by atoms with Gasteiger partial charge in [-0.05, 0) is 20.8 Å². The summed E-state index contributed by atoms with van der Waals surface area (Å²) in [5.41, 5.74) is 1.09. The van der Waals surface area contributed by atoms with Crippen LogP contribution in [0, 0.1) is 0 Å². The summed E-state index contributed by atoms with van der Waals surface area (Å²) in [6.07, 6.45) is -2.15. The maximum Gasteiger partial charge on any atom is 0.509 e. The van der Waals surface area contributed by atoms with E-state index in [0.29, 0.717) is 6.61 Å². The van der Waals surface area contributed by atoms with E-state index in [1.807, 2.05) is 6.92 Å². The molecular formula is C16H24O8. The lowest BCUT2D eigenvalue weighted by Crippen LogP contribution is -2.28. The quantitative estimate of drug-likeness (QED) is 0.184. The molecule has 0 bridgehead atoms. The molecule has 0 fully saturated rings. The van der Waals surface area contributed by atoms with Crippen LogP contribution < -0.4 is 0 Å². The van der Waals surface area contributed by atoms with Crippen molar-refractivity contribution in [2.75, 3.05) is 33.0 Å². The van der Waals surface area contributed by atoms with Crippen molar-refractivity contribution in [1.29, 1.82) is 0 Å². The van der Waals surface area contributed by atoms with E-state index in [-0.39, 0.29) is 32.0 Å². The zero-order chi connectivity index (χ0) is 18.5. The largest absolute Gasteiger partial charge is 0.509 e. The molecular weight excluding hydrogens is 320 g/mol. The molecule has 0 aliphatic rings. The molecule has 0 radical (unpaired) electrons. The third kappa shape index (κ3) is 11.2. The first kappa shape index (κ1) is 21.6. The van der Waals surface area contributed by atoms with Gasteiger partial charge in [0.25, 0.3) is 0 Å². The Morgan fingerprint density at radius 2 is 1.50 bits per heavy atom. The number of esters is 2. The summed E-state index contributed by atoms with van der Waals surface area (Å²) >= 11 is 0. The van der Waals surface area contributed by atoms with E-state index in [1.54, 1.807) is 0 Å². The Labute approximate surface area is 141 Å². The molecule has 1 unspecified atom stereocenters. The van der Waals surface area contributed by atoms with Gasteiger partial charge in [-0.2, -0.15) is 0 Å². The highest BCUT2D eigenvalue weighted by atomic mass is 16.7. The van der Waals surface area contributed by atoms with E-state index in [4.69, 9.17) is 23.7 Å². The van der Waals surface area contributed by atoms with Crippen LogP contribution >= 0.6 is 0 Å². The fraction of sp³-hybridized carbons (Fsp3) is 0.562. The van der Waals surface area contributed by atoms with Crippen molar-refractivity contribution in [3.05, 3.63) is 24.3 Å². The Bertz CT molecular complexity index is 469. The second-order valence-electron chi connectivity index (χ2n) is 4.95. The summed E-state index contributed by atoms with van der Waals surface area (Å²) < 4.78 is 24.1. The van der Waals surface area contributed by atoms with Gasteiger partial charge >= 0.3 is 18.1 Å². The fourth-order valence-electron chi connectivity index (χ4n) is 1.17. The topological polar surface area (TPSA) is 97.4 Å². The van der Waals surface area contributed by atoms with Crippen LogP contribution in [0.25, 0.3) is 0 Å². The van der Waals surface area contributed by atoms with Crippen LogP contribution in [-0.2, 0) is 33.3 Å². The van der Waals surface area contributed by atoms with Crippen LogP contribution in [0.15, 0.2) is 24.3 Å². The first-order chi connectivity index (χ1) is 11.2. The van der Waals surface area contributed by atoms with Gasteiger partial charge in [-0.3, -0.25) is 0 Å². The van der Waals surface area contributed by atoms with E-state index in [2.05, 4.69) is 13.2 Å². The predicted octanol–water partition coefficient (Wildman–Crippen LogP) is 1.78. The molecule has 0 rings (SSSR count). The van der Waals surface area contributed by atoms with Crippen LogP contribution in [0.2, 0.25) is 0 Å². The number of carbonyl (C=O) groups is 3. The lowest BCUT2D eigenvalue weighted by Gasteiger charge is -2.13. The Hall–Kier alpha value is -2.35. The normalized spacial score (nSPS) is 11.1. The molecule has 8 nitrogen and oxygen atoms in total. The highest BCUT2D eigenvalue weighted by molar-refractivity contribution is 5.86. The molecule has 136 valence electrons. The first-order valence-corrected chi connectivity index (χ1v) is 7.28. The summed E-state index contributed by atoms with van der Waals surface area (Å²) in [6, 6.07) is 0. The van der Waals surface area contributed by atoms with E-state index in [0.717, 1.165) is 5.57 Å². The molecule has 0 spiro atoms. The van der Waals surface area contributed by atoms with Gasteiger partial charge in [0.15, 0.2) is 6.10 Å². The summed E-state index contributed by atoms with van der Waals surface area (Å²) in [6.45, 7) is 12.0. The second-order valence-corrected chi connectivity index (χ2v) is 4.95. The first-order valence-electron chi connectivity index (χ1n) is 7.28. The van der Waals surface area contributed by atoms with Gasteiger partial charge in [-0.25, -0.2) is 14.4 Å². The molecule has 0 aromatic carbocycles. The maximum atomic E-state index is 11.6. The molecule has 0 aromatic rings. The van der Waals surface area contributed by atoms with Crippen molar-refractivity contribution < 1.29 is 38.1 Å².